The maximum Gasteiger partial charge on any atom is 0.405 e. The van der Waals surface area contributed by atoms with Crippen LogP contribution in [-0.4, -0.2) is 73.7 Å². The van der Waals surface area contributed by atoms with Gasteiger partial charge in [-0.1, -0.05) is 0 Å². The number of rotatable bonds is 6. The topological polar surface area (TPSA) is 61.9 Å². The van der Waals surface area contributed by atoms with Crippen LogP contribution in [0.3, 0.4) is 0 Å². The van der Waals surface area contributed by atoms with Gasteiger partial charge in [-0.3, -0.25) is 14.5 Å². The lowest BCUT2D eigenvalue weighted by Gasteiger charge is -2.34. The molecule has 1 saturated heterocycles. The molecule has 1 aromatic carbocycles. The molecule has 1 N–H and O–H groups in total. The van der Waals surface area contributed by atoms with E-state index in [0.29, 0.717) is 31.9 Å². The Labute approximate surface area is 147 Å². The Kier molecular flexibility index (Phi) is 6.78. The van der Waals surface area contributed by atoms with Crippen molar-refractivity contribution in [3.05, 3.63) is 30.1 Å². The number of nitrogens with zero attached hydrogens (tertiary/aromatic N) is 2. The number of ether oxygens (including phenoxy) is 1. The quantitative estimate of drug-likeness (QED) is 0.753. The molecule has 0 aromatic heterocycles. The smallest absolute Gasteiger partial charge is 0.405 e. The summed E-state index contributed by atoms with van der Waals surface area (Å²) in [6, 6.07) is 5.28. The van der Waals surface area contributed by atoms with Gasteiger partial charge in [0.2, 0.25) is 5.91 Å². The number of nitrogens with one attached hydrogen (secondary N) is 1. The average molecular weight is 377 g/mol. The lowest BCUT2D eigenvalue weighted by atomic mass is 10.3. The molecule has 2 amide bonds. The molecule has 0 unspecified atom stereocenters. The third-order valence-electron chi connectivity index (χ3n) is 3.75. The number of carbonyl (C=O) groups is 2. The van der Waals surface area contributed by atoms with Crippen molar-refractivity contribution in [2.45, 2.75) is 6.18 Å². The minimum absolute atomic E-state index is 0.149. The van der Waals surface area contributed by atoms with Gasteiger partial charge in [0.25, 0.3) is 5.91 Å². The molecule has 1 heterocycles. The predicted octanol–water partition coefficient (Wildman–Crippen LogP) is 1.03. The van der Waals surface area contributed by atoms with Crippen LogP contribution >= 0.6 is 0 Å². The zero-order valence-electron chi connectivity index (χ0n) is 13.9. The largest absolute Gasteiger partial charge is 0.484 e. The van der Waals surface area contributed by atoms with Gasteiger partial charge in [-0.15, -0.1) is 0 Å². The van der Waals surface area contributed by atoms with Gasteiger partial charge >= 0.3 is 6.18 Å². The summed E-state index contributed by atoms with van der Waals surface area (Å²) in [6.45, 7) is -0.257. The van der Waals surface area contributed by atoms with Crippen molar-refractivity contribution < 1.29 is 31.9 Å². The number of halogens is 4. The Morgan fingerprint density at radius 3 is 2.27 bits per heavy atom. The third kappa shape index (κ3) is 6.87. The lowest BCUT2D eigenvalue weighted by Crippen LogP contribution is -2.52. The van der Waals surface area contributed by atoms with Crippen LogP contribution in [0.4, 0.5) is 17.6 Å². The first-order valence-corrected chi connectivity index (χ1v) is 7.95. The summed E-state index contributed by atoms with van der Waals surface area (Å²) in [7, 11) is 0. The van der Waals surface area contributed by atoms with E-state index in [1.54, 1.807) is 9.80 Å². The number of benzene rings is 1. The number of carbonyl (C=O) groups excluding carboxylic acids is 2. The molecular weight excluding hydrogens is 358 g/mol. The molecule has 0 atom stereocenters. The van der Waals surface area contributed by atoms with E-state index in [0.717, 1.165) is 0 Å². The Balaban J connectivity index is 1.68. The first kappa shape index (κ1) is 20.0. The summed E-state index contributed by atoms with van der Waals surface area (Å²) in [5.74, 6) is -0.990. The molecule has 2 rings (SSSR count). The minimum atomic E-state index is -4.44. The number of amides is 2. The van der Waals surface area contributed by atoms with Crippen LogP contribution in [0.25, 0.3) is 0 Å². The molecule has 0 bridgehead atoms. The summed E-state index contributed by atoms with van der Waals surface area (Å²) >= 11 is 0. The first-order valence-electron chi connectivity index (χ1n) is 7.95. The molecule has 1 aliphatic heterocycles. The van der Waals surface area contributed by atoms with Crippen molar-refractivity contribution in [1.82, 2.24) is 15.1 Å². The number of piperazine rings is 1. The lowest BCUT2D eigenvalue weighted by molar-refractivity contribution is -0.140. The summed E-state index contributed by atoms with van der Waals surface area (Å²) < 4.78 is 54.2. The normalized spacial score (nSPS) is 15.6. The van der Waals surface area contributed by atoms with Crippen LogP contribution in [0.2, 0.25) is 0 Å². The molecular formula is C16H19F4N3O3. The van der Waals surface area contributed by atoms with Crippen molar-refractivity contribution in [2.24, 2.45) is 0 Å². The average Bonchev–Trinajstić information content (AvgIpc) is 2.59. The number of hydrogen-bond acceptors (Lipinski definition) is 4. The van der Waals surface area contributed by atoms with Crippen LogP contribution in [0.15, 0.2) is 24.3 Å². The number of alkyl halides is 3. The highest BCUT2D eigenvalue weighted by Crippen LogP contribution is 2.13. The first-order chi connectivity index (χ1) is 12.2. The molecule has 0 aliphatic carbocycles. The zero-order chi connectivity index (χ0) is 19.2. The van der Waals surface area contributed by atoms with E-state index in [1.807, 2.05) is 5.32 Å². The van der Waals surface area contributed by atoms with E-state index < -0.39 is 24.4 Å². The second kappa shape index (κ2) is 8.84. The fourth-order valence-electron chi connectivity index (χ4n) is 2.38. The molecule has 1 aromatic rings. The SMILES string of the molecule is O=C(CN1CCN(C(=O)COc2ccc(F)cc2)CC1)NCC(F)(F)F. The predicted molar refractivity (Wildman–Crippen MR) is 84.0 cm³/mol. The van der Waals surface area contributed by atoms with Gasteiger partial charge in [0.15, 0.2) is 6.61 Å². The van der Waals surface area contributed by atoms with Gasteiger partial charge in [-0.05, 0) is 24.3 Å². The standard InChI is InChI=1S/C16H19F4N3O3/c17-12-1-3-13(4-2-12)26-10-15(25)23-7-5-22(6-8-23)9-14(24)21-11-16(18,19)20/h1-4H,5-11H2,(H,21,24). The highest BCUT2D eigenvalue weighted by Gasteiger charge is 2.28. The van der Waals surface area contributed by atoms with E-state index >= 15 is 0 Å². The molecule has 144 valence electrons. The van der Waals surface area contributed by atoms with Crippen molar-refractivity contribution in [3.63, 3.8) is 0 Å². The van der Waals surface area contributed by atoms with Gasteiger partial charge < -0.3 is 15.0 Å². The summed E-state index contributed by atoms with van der Waals surface area (Å²) in [5.41, 5.74) is 0. The summed E-state index contributed by atoms with van der Waals surface area (Å²) in [4.78, 5) is 26.8. The van der Waals surface area contributed by atoms with Crippen molar-refractivity contribution >= 4 is 11.8 Å². The number of hydrogen-bond donors (Lipinski definition) is 1. The monoisotopic (exact) mass is 377 g/mol. The third-order valence-corrected chi connectivity index (χ3v) is 3.75. The Morgan fingerprint density at radius 1 is 1.08 bits per heavy atom. The van der Waals surface area contributed by atoms with E-state index in [1.165, 1.54) is 24.3 Å². The van der Waals surface area contributed by atoms with Crippen molar-refractivity contribution in [3.8, 4) is 5.75 Å². The van der Waals surface area contributed by atoms with E-state index in [9.17, 15) is 27.2 Å². The van der Waals surface area contributed by atoms with E-state index in [2.05, 4.69) is 0 Å². The molecule has 10 heteroatoms. The Hall–Kier alpha value is -2.36. The van der Waals surface area contributed by atoms with Crippen LogP contribution in [0.5, 0.6) is 5.75 Å². The Bertz CT molecular complexity index is 614. The molecule has 0 saturated carbocycles. The van der Waals surface area contributed by atoms with E-state index in [-0.39, 0.29) is 19.1 Å². The highest BCUT2D eigenvalue weighted by molar-refractivity contribution is 5.79. The van der Waals surface area contributed by atoms with Gasteiger partial charge in [0, 0.05) is 26.2 Å². The molecule has 1 fully saturated rings. The molecule has 0 spiro atoms. The second-order valence-corrected chi connectivity index (χ2v) is 5.79. The minimum Gasteiger partial charge on any atom is -0.484 e. The van der Waals surface area contributed by atoms with E-state index in [4.69, 9.17) is 4.74 Å². The van der Waals surface area contributed by atoms with Crippen LogP contribution in [0, 0.1) is 5.82 Å². The molecule has 26 heavy (non-hydrogen) atoms. The van der Waals surface area contributed by atoms with Gasteiger partial charge in [-0.25, -0.2) is 4.39 Å². The maximum absolute atomic E-state index is 12.8. The van der Waals surface area contributed by atoms with Gasteiger partial charge in [0.1, 0.15) is 18.1 Å². The van der Waals surface area contributed by atoms with Crippen molar-refractivity contribution in [2.75, 3.05) is 45.9 Å². The fraction of sp³-hybridized carbons (Fsp3) is 0.500. The fourth-order valence-corrected chi connectivity index (χ4v) is 2.38. The molecule has 1 aliphatic rings. The zero-order valence-corrected chi connectivity index (χ0v) is 13.9. The van der Waals surface area contributed by atoms with Crippen molar-refractivity contribution in [1.29, 1.82) is 0 Å². The Morgan fingerprint density at radius 2 is 1.69 bits per heavy atom. The summed E-state index contributed by atoms with van der Waals surface area (Å²) in [5, 5.41) is 1.81. The van der Waals surface area contributed by atoms with Gasteiger partial charge in [-0.2, -0.15) is 13.2 Å². The molecule has 6 nitrogen and oxygen atoms in total. The van der Waals surface area contributed by atoms with Crippen LogP contribution in [0.1, 0.15) is 0 Å². The molecule has 0 radical (unpaired) electrons. The van der Waals surface area contributed by atoms with Crippen LogP contribution in [-0.2, 0) is 9.59 Å². The maximum atomic E-state index is 12.8. The van der Waals surface area contributed by atoms with Gasteiger partial charge in [0.05, 0.1) is 6.54 Å². The van der Waals surface area contributed by atoms with Crippen LogP contribution < -0.4 is 10.1 Å². The highest BCUT2D eigenvalue weighted by atomic mass is 19.4. The second-order valence-electron chi connectivity index (χ2n) is 5.79. The summed E-state index contributed by atoms with van der Waals surface area (Å²) in [6.07, 6.45) is -4.44.